The largest absolute Gasteiger partial charge is 0.322 e. The van der Waals surface area contributed by atoms with E-state index in [1.54, 1.807) is 18.2 Å². The number of primary sulfonamides is 1. The van der Waals surface area contributed by atoms with Crippen molar-refractivity contribution in [1.29, 1.82) is 5.26 Å². The van der Waals surface area contributed by atoms with Gasteiger partial charge in [0, 0.05) is 10.2 Å². The molecule has 2 rings (SSSR count). The number of benzene rings is 2. The predicted molar refractivity (Wildman–Crippen MR) is 84.6 cm³/mol. The molecule has 3 N–H and O–H groups in total. The van der Waals surface area contributed by atoms with Crippen LogP contribution >= 0.6 is 15.9 Å². The molecule has 0 aromatic heterocycles. The van der Waals surface area contributed by atoms with E-state index in [0.717, 1.165) is 0 Å². The first kappa shape index (κ1) is 16.2. The van der Waals surface area contributed by atoms with Crippen molar-refractivity contribution in [3.8, 4) is 6.07 Å². The third kappa shape index (κ3) is 3.71. The van der Waals surface area contributed by atoms with E-state index in [4.69, 9.17) is 10.4 Å². The maximum atomic E-state index is 12.3. The molecule has 6 nitrogen and oxygen atoms in total. The van der Waals surface area contributed by atoms with Crippen LogP contribution in [0.2, 0.25) is 0 Å². The van der Waals surface area contributed by atoms with E-state index in [2.05, 4.69) is 21.2 Å². The Balaban J connectivity index is 2.35. The minimum Gasteiger partial charge on any atom is -0.322 e. The zero-order chi connectivity index (χ0) is 16.3. The fourth-order valence-electron chi connectivity index (χ4n) is 1.72. The third-order valence-electron chi connectivity index (χ3n) is 2.76. The first-order chi connectivity index (χ1) is 10.3. The van der Waals surface area contributed by atoms with E-state index in [-0.39, 0.29) is 10.5 Å². The molecule has 0 aliphatic heterocycles. The maximum absolute atomic E-state index is 12.3. The summed E-state index contributed by atoms with van der Waals surface area (Å²) < 4.78 is 23.1. The number of nitriles is 1. The van der Waals surface area contributed by atoms with E-state index in [0.29, 0.717) is 15.7 Å². The van der Waals surface area contributed by atoms with Crippen molar-refractivity contribution in [3.63, 3.8) is 0 Å². The molecule has 112 valence electrons. The minimum atomic E-state index is -3.90. The lowest BCUT2D eigenvalue weighted by atomic mass is 10.2. The third-order valence-corrected chi connectivity index (χ3v) is 4.36. The first-order valence-electron chi connectivity index (χ1n) is 5.95. The Morgan fingerprint density at radius 3 is 2.59 bits per heavy atom. The van der Waals surface area contributed by atoms with Crippen LogP contribution in [0.3, 0.4) is 0 Å². The molecular weight excluding hydrogens is 370 g/mol. The van der Waals surface area contributed by atoms with Gasteiger partial charge in [0.2, 0.25) is 10.0 Å². The Kier molecular flexibility index (Phi) is 4.61. The molecule has 0 saturated carbocycles. The summed E-state index contributed by atoms with van der Waals surface area (Å²) in [6.07, 6.45) is 0. The molecule has 0 aliphatic rings. The Labute approximate surface area is 135 Å². The molecule has 0 aliphatic carbocycles. The van der Waals surface area contributed by atoms with Crippen LogP contribution in [0.1, 0.15) is 15.9 Å². The van der Waals surface area contributed by atoms with Gasteiger partial charge in [-0.15, -0.1) is 0 Å². The van der Waals surface area contributed by atoms with Gasteiger partial charge in [0.05, 0.1) is 22.1 Å². The molecule has 2 aromatic carbocycles. The van der Waals surface area contributed by atoms with Gasteiger partial charge in [-0.2, -0.15) is 5.26 Å². The summed E-state index contributed by atoms with van der Waals surface area (Å²) in [5, 5.41) is 16.5. The second-order valence-corrected chi connectivity index (χ2v) is 6.75. The average molecular weight is 380 g/mol. The van der Waals surface area contributed by atoms with Crippen LogP contribution in [0, 0.1) is 11.3 Å². The van der Waals surface area contributed by atoms with Gasteiger partial charge in [-0.1, -0.05) is 6.07 Å². The number of nitrogens with zero attached hydrogens (tertiary/aromatic N) is 1. The highest BCUT2D eigenvalue weighted by Gasteiger charge is 2.15. The Bertz CT molecular complexity index is 888. The van der Waals surface area contributed by atoms with Gasteiger partial charge < -0.3 is 5.32 Å². The monoisotopic (exact) mass is 379 g/mol. The van der Waals surface area contributed by atoms with Crippen LogP contribution < -0.4 is 10.5 Å². The van der Waals surface area contributed by atoms with E-state index in [1.807, 2.05) is 6.07 Å². The number of amides is 1. The van der Waals surface area contributed by atoms with Crippen molar-refractivity contribution in [2.45, 2.75) is 4.90 Å². The summed E-state index contributed by atoms with van der Waals surface area (Å²) in [6.45, 7) is 0. The smallest absolute Gasteiger partial charge is 0.256 e. The Hall–Kier alpha value is -2.21. The molecule has 1 amide bonds. The Morgan fingerprint density at radius 1 is 1.23 bits per heavy atom. The number of hydrogen-bond acceptors (Lipinski definition) is 4. The molecule has 0 saturated heterocycles. The lowest BCUT2D eigenvalue weighted by Gasteiger charge is -2.08. The van der Waals surface area contributed by atoms with Crippen molar-refractivity contribution in [1.82, 2.24) is 0 Å². The maximum Gasteiger partial charge on any atom is 0.256 e. The molecule has 0 atom stereocenters. The molecule has 0 unspecified atom stereocenters. The number of carbonyl (C=O) groups is 1. The van der Waals surface area contributed by atoms with Crippen molar-refractivity contribution in [2.24, 2.45) is 5.14 Å². The number of sulfonamides is 1. The molecule has 0 fully saturated rings. The van der Waals surface area contributed by atoms with E-state index < -0.39 is 15.9 Å². The van der Waals surface area contributed by atoms with Crippen LogP contribution in [0.15, 0.2) is 51.8 Å². The normalized spacial score (nSPS) is 10.8. The number of nitrogens with two attached hydrogens (primary N) is 1. The van der Waals surface area contributed by atoms with E-state index >= 15 is 0 Å². The molecule has 0 heterocycles. The molecule has 2 aromatic rings. The van der Waals surface area contributed by atoms with Crippen molar-refractivity contribution in [3.05, 3.63) is 58.1 Å². The zero-order valence-electron chi connectivity index (χ0n) is 11.1. The average Bonchev–Trinajstić information content (AvgIpc) is 2.46. The molecule has 0 spiro atoms. The van der Waals surface area contributed by atoms with Crippen LogP contribution in [0.25, 0.3) is 0 Å². The summed E-state index contributed by atoms with van der Waals surface area (Å²) in [6, 6.07) is 12.2. The standard InChI is InChI=1S/C14H10BrN3O3S/c15-13-5-4-11(22(17,20)21)7-12(13)14(19)18-10-3-1-2-9(6-10)8-16/h1-7H,(H,18,19)(H2,17,20,21). The van der Waals surface area contributed by atoms with Crippen LogP contribution in [-0.2, 0) is 10.0 Å². The number of halogens is 1. The number of nitrogens with one attached hydrogen (secondary N) is 1. The molecule has 22 heavy (non-hydrogen) atoms. The van der Waals surface area contributed by atoms with Crippen molar-refractivity contribution < 1.29 is 13.2 Å². The number of carbonyl (C=O) groups excluding carboxylic acids is 1. The summed E-state index contributed by atoms with van der Waals surface area (Å²) >= 11 is 3.19. The molecule has 0 radical (unpaired) electrons. The summed E-state index contributed by atoms with van der Waals surface area (Å²) in [4.78, 5) is 12.1. The van der Waals surface area contributed by atoms with Crippen LogP contribution in [0.4, 0.5) is 5.69 Å². The highest BCUT2D eigenvalue weighted by Crippen LogP contribution is 2.22. The van der Waals surface area contributed by atoms with Crippen LogP contribution in [0.5, 0.6) is 0 Å². The fourth-order valence-corrected chi connectivity index (χ4v) is 2.69. The zero-order valence-corrected chi connectivity index (χ0v) is 13.5. The van der Waals surface area contributed by atoms with Gasteiger partial charge in [0.25, 0.3) is 5.91 Å². The quantitative estimate of drug-likeness (QED) is 0.850. The van der Waals surface area contributed by atoms with Gasteiger partial charge >= 0.3 is 0 Å². The summed E-state index contributed by atoms with van der Waals surface area (Å²) in [7, 11) is -3.90. The van der Waals surface area contributed by atoms with Gasteiger partial charge in [-0.25, -0.2) is 13.6 Å². The number of rotatable bonds is 3. The fraction of sp³-hybridized carbons (Fsp3) is 0. The SMILES string of the molecule is N#Cc1cccc(NC(=O)c2cc(S(N)(=O)=O)ccc2Br)c1. The highest BCUT2D eigenvalue weighted by molar-refractivity contribution is 9.10. The minimum absolute atomic E-state index is 0.119. The highest BCUT2D eigenvalue weighted by atomic mass is 79.9. The first-order valence-corrected chi connectivity index (χ1v) is 8.29. The lowest BCUT2D eigenvalue weighted by Crippen LogP contribution is -2.16. The van der Waals surface area contributed by atoms with Crippen molar-refractivity contribution >= 4 is 37.5 Å². The molecule has 8 heteroatoms. The molecule has 0 bridgehead atoms. The predicted octanol–water partition coefficient (Wildman–Crippen LogP) is 2.22. The molecular formula is C14H10BrN3O3S. The summed E-state index contributed by atoms with van der Waals surface area (Å²) in [5.41, 5.74) is 0.945. The van der Waals surface area contributed by atoms with Gasteiger partial charge in [0.15, 0.2) is 0 Å². The number of hydrogen-bond donors (Lipinski definition) is 2. The van der Waals surface area contributed by atoms with Gasteiger partial charge in [-0.05, 0) is 52.3 Å². The van der Waals surface area contributed by atoms with Crippen LogP contribution in [-0.4, -0.2) is 14.3 Å². The number of anilines is 1. The summed E-state index contributed by atoms with van der Waals surface area (Å²) in [5.74, 6) is -0.521. The second-order valence-electron chi connectivity index (χ2n) is 4.33. The van der Waals surface area contributed by atoms with E-state index in [9.17, 15) is 13.2 Å². The topological polar surface area (TPSA) is 113 Å². The lowest BCUT2D eigenvalue weighted by molar-refractivity contribution is 0.102. The van der Waals surface area contributed by atoms with E-state index in [1.165, 1.54) is 24.3 Å². The van der Waals surface area contributed by atoms with Gasteiger partial charge in [0.1, 0.15) is 0 Å². The van der Waals surface area contributed by atoms with Crippen molar-refractivity contribution in [2.75, 3.05) is 5.32 Å². The second kappa shape index (κ2) is 6.27. The van der Waals surface area contributed by atoms with Gasteiger partial charge in [-0.3, -0.25) is 4.79 Å². The Morgan fingerprint density at radius 2 is 1.95 bits per heavy atom.